The van der Waals surface area contributed by atoms with E-state index in [2.05, 4.69) is 54.4 Å². The molecule has 2 nitrogen and oxygen atoms in total. The zero-order chi connectivity index (χ0) is 17.7. The lowest BCUT2D eigenvalue weighted by Crippen LogP contribution is -2.42. The Bertz CT molecular complexity index is 429. The lowest BCUT2D eigenvalue weighted by Gasteiger charge is -2.37. The fourth-order valence-corrected chi connectivity index (χ4v) is 4.77. The Hall–Kier alpha value is -0.510. The SMILES string of the molecule is CC(C)N(CCCNCCCSCc1ccccc1)C1CCCCC1. The van der Waals surface area contributed by atoms with Crippen LogP contribution in [0.5, 0.6) is 0 Å². The van der Waals surface area contributed by atoms with Crippen LogP contribution in [0.15, 0.2) is 30.3 Å². The maximum absolute atomic E-state index is 3.64. The molecular weight excluding hydrogens is 324 g/mol. The summed E-state index contributed by atoms with van der Waals surface area (Å²) in [5.74, 6) is 2.40. The number of nitrogens with one attached hydrogen (secondary N) is 1. The van der Waals surface area contributed by atoms with Crippen LogP contribution in [0.1, 0.15) is 64.4 Å². The van der Waals surface area contributed by atoms with Crippen molar-refractivity contribution in [3.8, 4) is 0 Å². The number of benzene rings is 1. The highest BCUT2D eigenvalue weighted by Gasteiger charge is 2.22. The van der Waals surface area contributed by atoms with Crippen molar-refractivity contribution in [1.29, 1.82) is 0 Å². The fraction of sp³-hybridized carbons (Fsp3) is 0.727. The lowest BCUT2D eigenvalue weighted by atomic mass is 9.93. The minimum Gasteiger partial charge on any atom is -0.317 e. The van der Waals surface area contributed by atoms with Crippen molar-refractivity contribution in [1.82, 2.24) is 10.2 Å². The van der Waals surface area contributed by atoms with Crippen molar-refractivity contribution in [2.75, 3.05) is 25.4 Å². The first-order chi connectivity index (χ1) is 12.3. The van der Waals surface area contributed by atoms with Crippen LogP contribution in [0, 0.1) is 0 Å². The molecule has 1 aliphatic rings. The Morgan fingerprint density at radius 2 is 1.76 bits per heavy atom. The van der Waals surface area contributed by atoms with Gasteiger partial charge in [0.25, 0.3) is 0 Å². The molecule has 1 aromatic rings. The zero-order valence-electron chi connectivity index (χ0n) is 16.4. The molecular formula is C22H38N2S. The number of hydrogen-bond donors (Lipinski definition) is 1. The molecule has 1 aromatic carbocycles. The molecule has 1 aliphatic carbocycles. The summed E-state index contributed by atoms with van der Waals surface area (Å²) in [6.45, 7) is 8.32. The average molecular weight is 363 g/mol. The minimum absolute atomic E-state index is 0.692. The highest BCUT2D eigenvalue weighted by Crippen LogP contribution is 2.24. The van der Waals surface area contributed by atoms with Crippen molar-refractivity contribution in [2.24, 2.45) is 0 Å². The molecule has 0 aliphatic heterocycles. The fourth-order valence-electron chi connectivity index (χ4n) is 3.85. The summed E-state index contributed by atoms with van der Waals surface area (Å²) in [5, 5.41) is 3.64. The number of rotatable bonds is 12. The second-order valence-corrected chi connectivity index (χ2v) is 8.72. The van der Waals surface area contributed by atoms with Gasteiger partial charge >= 0.3 is 0 Å². The largest absolute Gasteiger partial charge is 0.317 e. The maximum Gasteiger partial charge on any atom is 0.0184 e. The van der Waals surface area contributed by atoms with E-state index < -0.39 is 0 Å². The highest BCUT2D eigenvalue weighted by molar-refractivity contribution is 7.98. The summed E-state index contributed by atoms with van der Waals surface area (Å²) in [7, 11) is 0. The predicted octanol–water partition coefficient (Wildman–Crippen LogP) is 5.33. The van der Waals surface area contributed by atoms with E-state index in [1.165, 1.54) is 69.4 Å². The third-order valence-electron chi connectivity index (χ3n) is 5.23. The van der Waals surface area contributed by atoms with E-state index in [4.69, 9.17) is 0 Å². The van der Waals surface area contributed by atoms with E-state index in [0.29, 0.717) is 6.04 Å². The Labute approximate surface area is 160 Å². The van der Waals surface area contributed by atoms with Crippen LogP contribution in [-0.4, -0.2) is 42.4 Å². The molecule has 0 spiro atoms. The first-order valence-corrected chi connectivity index (χ1v) is 11.5. The molecule has 142 valence electrons. The Morgan fingerprint density at radius 1 is 1.04 bits per heavy atom. The molecule has 0 aromatic heterocycles. The standard InChI is InChI=1S/C22H38N2S/c1-20(2)24(22-13-7-4-8-14-22)17-9-15-23-16-10-18-25-19-21-11-5-3-6-12-21/h3,5-6,11-12,20,22-23H,4,7-10,13-19H2,1-2H3. The van der Waals surface area contributed by atoms with Gasteiger partial charge in [0.1, 0.15) is 0 Å². The van der Waals surface area contributed by atoms with Crippen LogP contribution in [0.4, 0.5) is 0 Å². The van der Waals surface area contributed by atoms with E-state index >= 15 is 0 Å². The van der Waals surface area contributed by atoms with Crippen molar-refractivity contribution in [3.05, 3.63) is 35.9 Å². The second kappa shape index (κ2) is 12.8. The molecule has 2 rings (SSSR count). The van der Waals surface area contributed by atoms with Gasteiger partial charge < -0.3 is 5.32 Å². The van der Waals surface area contributed by atoms with Crippen LogP contribution >= 0.6 is 11.8 Å². The average Bonchev–Trinajstić information content (AvgIpc) is 2.64. The van der Waals surface area contributed by atoms with E-state index in [1.54, 1.807) is 0 Å². The summed E-state index contributed by atoms with van der Waals surface area (Å²) in [6.07, 6.45) is 9.72. The minimum atomic E-state index is 0.692. The number of thioether (sulfide) groups is 1. The molecule has 0 unspecified atom stereocenters. The van der Waals surface area contributed by atoms with Gasteiger partial charge in [0.15, 0.2) is 0 Å². The van der Waals surface area contributed by atoms with Gasteiger partial charge in [-0.3, -0.25) is 4.90 Å². The number of hydrogen-bond acceptors (Lipinski definition) is 3. The molecule has 0 amide bonds. The van der Waals surface area contributed by atoms with E-state index in [0.717, 1.165) is 18.3 Å². The topological polar surface area (TPSA) is 15.3 Å². The molecule has 0 radical (unpaired) electrons. The normalized spacial score (nSPS) is 16.0. The first kappa shape index (κ1) is 20.8. The second-order valence-electron chi connectivity index (χ2n) is 7.62. The zero-order valence-corrected chi connectivity index (χ0v) is 17.2. The van der Waals surface area contributed by atoms with Crippen LogP contribution in [0.3, 0.4) is 0 Å². The van der Waals surface area contributed by atoms with Crippen LogP contribution in [-0.2, 0) is 5.75 Å². The van der Waals surface area contributed by atoms with Crippen molar-refractivity contribution in [2.45, 2.75) is 76.6 Å². The third-order valence-corrected chi connectivity index (χ3v) is 6.35. The van der Waals surface area contributed by atoms with Gasteiger partial charge in [-0.2, -0.15) is 11.8 Å². The van der Waals surface area contributed by atoms with Gasteiger partial charge in [0.05, 0.1) is 0 Å². The Balaban J connectivity index is 1.46. The highest BCUT2D eigenvalue weighted by atomic mass is 32.2. The molecule has 1 N–H and O–H groups in total. The molecule has 0 bridgehead atoms. The van der Waals surface area contributed by atoms with Crippen molar-refractivity contribution < 1.29 is 0 Å². The third kappa shape index (κ3) is 8.61. The van der Waals surface area contributed by atoms with Crippen molar-refractivity contribution >= 4 is 11.8 Å². The molecule has 0 atom stereocenters. The van der Waals surface area contributed by atoms with Gasteiger partial charge in [-0.05, 0) is 70.5 Å². The van der Waals surface area contributed by atoms with Gasteiger partial charge in [-0.15, -0.1) is 0 Å². The Kier molecular flexibility index (Phi) is 10.6. The van der Waals surface area contributed by atoms with Crippen LogP contribution in [0.2, 0.25) is 0 Å². The molecule has 1 fully saturated rings. The smallest absolute Gasteiger partial charge is 0.0184 e. The monoisotopic (exact) mass is 362 g/mol. The summed E-state index contributed by atoms with van der Waals surface area (Å²) in [6, 6.07) is 12.3. The molecule has 0 heterocycles. The van der Waals surface area contributed by atoms with E-state index in [1.807, 2.05) is 11.8 Å². The first-order valence-electron chi connectivity index (χ1n) is 10.4. The summed E-state index contributed by atoms with van der Waals surface area (Å²) >= 11 is 2.05. The van der Waals surface area contributed by atoms with Gasteiger partial charge in [0.2, 0.25) is 0 Å². The van der Waals surface area contributed by atoms with E-state index in [9.17, 15) is 0 Å². The molecule has 25 heavy (non-hydrogen) atoms. The van der Waals surface area contributed by atoms with Gasteiger partial charge in [-0.25, -0.2) is 0 Å². The van der Waals surface area contributed by atoms with Gasteiger partial charge in [0, 0.05) is 17.8 Å². The number of nitrogens with zero attached hydrogens (tertiary/aromatic N) is 1. The molecule has 0 saturated heterocycles. The summed E-state index contributed by atoms with van der Waals surface area (Å²) in [5.41, 5.74) is 1.44. The molecule has 3 heteroatoms. The maximum atomic E-state index is 3.64. The Morgan fingerprint density at radius 3 is 2.48 bits per heavy atom. The van der Waals surface area contributed by atoms with Crippen molar-refractivity contribution in [3.63, 3.8) is 0 Å². The predicted molar refractivity (Wildman–Crippen MR) is 113 cm³/mol. The van der Waals surface area contributed by atoms with Gasteiger partial charge in [-0.1, -0.05) is 49.6 Å². The van der Waals surface area contributed by atoms with Crippen LogP contribution in [0.25, 0.3) is 0 Å². The van der Waals surface area contributed by atoms with E-state index in [-0.39, 0.29) is 0 Å². The molecule has 1 saturated carbocycles. The summed E-state index contributed by atoms with van der Waals surface area (Å²) in [4.78, 5) is 2.76. The van der Waals surface area contributed by atoms with Crippen LogP contribution < -0.4 is 5.32 Å². The summed E-state index contributed by atoms with van der Waals surface area (Å²) < 4.78 is 0. The lowest BCUT2D eigenvalue weighted by molar-refractivity contribution is 0.119. The quantitative estimate of drug-likeness (QED) is 0.506.